The van der Waals surface area contributed by atoms with Crippen molar-refractivity contribution < 1.29 is 18.7 Å². The van der Waals surface area contributed by atoms with Crippen LogP contribution < -0.4 is 15.1 Å². The molecule has 184 valence electrons. The summed E-state index contributed by atoms with van der Waals surface area (Å²) >= 11 is 0. The molecule has 1 aromatic carbocycles. The molecule has 8 nitrogen and oxygen atoms in total. The quantitative estimate of drug-likeness (QED) is 0.587. The topological polar surface area (TPSA) is 87.7 Å². The van der Waals surface area contributed by atoms with Gasteiger partial charge in [0.15, 0.2) is 11.6 Å². The Labute approximate surface area is 200 Å². The first-order valence-corrected chi connectivity index (χ1v) is 11.6. The smallest absolute Gasteiger partial charge is 0.306 e. The Morgan fingerprint density at radius 1 is 1.21 bits per heavy atom. The number of anilines is 4. The largest absolute Gasteiger partial charge is 0.460 e. The van der Waals surface area contributed by atoms with Crippen molar-refractivity contribution in [1.29, 1.82) is 0 Å². The molecule has 2 aromatic rings. The van der Waals surface area contributed by atoms with E-state index < -0.39 is 11.4 Å². The van der Waals surface area contributed by atoms with E-state index in [9.17, 15) is 14.0 Å². The second-order valence-corrected chi connectivity index (χ2v) is 9.67. The summed E-state index contributed by atoms with van der Waals surface area (Å²) in [4.78, 5) is 35.4. The lowest BCUT2D eigenvalue weighted by Crippen LogP contribution is -2.35. The number of benzene rings is 1. The molecular weight excluding hydrogens is 437 g/mol. The zero-order valence-corrected chi connectivity index (χ0v) is 20.6. The summed E-state index contributed by atoms with van der Waals surface area (Å²) < 4.78 is 19.9. The van der Waals surface area contributed by atoms with Gasteiger partial charge in [0.1, 0.15) is 5.60 Å². The molecule has 1 aliphatic rings. The monoisotopic (exact) mass is 471 g/mol. The maximum absolute atomic E-state index is 14.5. The van der Waals surface area contributed by atoms with Gasteiger partial charge in [-0.2, -0.15) is 4.98 Å². The normalized spacial score (nSPS) is 14.6. The van der Waals surface area contributed by atoms with E-state index in [2.05, 4.69) is 15.3 Å². The van der Waals surface area contributed by atoms with Crippen LogP contribution >= 0.6 is 0 Å². The van der Waals surface area contributed by atoms with Gasteiger partial charge in [0, 0.05) is 44.9 Å². The highest BCUT2D eigenvalue weighted by Crippen LogP contribution is 2.28. The fraction of sp³-hybridized carbons (Fsp3) is 0.520. The Morgan fingerprint density at radius 2 is 1.85 bits per heavy atom. The Balaban J connectivity index is 1.56. The number of esters is 1. The van der Waals surface area contributed by atoms with Gasteiger partial charge < -0.3 is 19.9 Å². The number of amides is 1. The lowest BCUT2D eigenvalue weighted by atomic mass is 9.92. The van der Waals surface area contributed by atoms with E-state index in [0.717, 1.165) is 30.6 Å². The predicted octanol–water partition coefficient (Wildman–Crippen LogP) is 4.68. The van der Waals surface area contributed by atoms with Gasteiger partial charge in [0.2, 0.25) is 11.9 Å². The molecule has 0 bridgehead atoms. The van der Waals surface area contributed by atoms with Crippen molar-refractivity contribution in [3.8, 4) is 0 Å². The van der Waals surface area contributed by atoms with Gasteiger partial charge in [0.05, 0.1) is 6.20 Å². The van der Waals surface area contributed by atoms with Crippen molar-refractivity contribution in [2.45, 2.75) is 59.0 Å². The minimum Gasteiger partial charge on any atom is -0.460 e. The molecule has 1 amide bonds. The van der Waals surface area contributed by atoms with E-state index in [0.29, 0.717) is 31.4 Å². The lowest BCUT2D eigenvalue weighted by Gasteiger charge is -2.33. The third-order valence-electron chi connectivity index (χ3n) is 5.80. The average Bonchev–Trinajstić information content (AvgIpc) is 2.78. The van der Waals surface area contributed by atoms with Crippen LogP contribution in [-0.2, 0) is 14.3 Å². The number of nitrogens with zero attached hydrogens (tertiary/aromatic N) is 4. The predicted molar refractivity (Wildman–Crippen MR) is 131 cm³/mol. The zero-order valence-electron chi connectivity index (χ0n) is 20.6. The van der Waals surface area contributed by atoms with Crippen molar-refractivity contribution in [1.82, 2.24) is 9.97 Å². The lowest BCUT2D eigenvalue weighted by molar-refractivity contribution is -0.155. The maximum Gasteiger partial charge on any atom is 0.306 e. The van der Waals surface area contributed by atoms with Gasteiger partial charge in [-0.15, -0.1) is 0 Å². The minimum atomic E-state index is -0.469. The van der Waals surface area contributed by atoms with Gasteiger partial charge in [-0.1, -0.05) is 0 Å². The molecule has 1 saturated heterocycles. The van der Waals surface area contributed by atoms with E-state index in [1.807, 2.05) is 49.9 Å². The SMILES string of the molecule is CC(=O)N(C)c1ccc(Nc2ncc(F)c(N3CCC(CCC(=O)OC(C)(C)C)CC3)n2)cc1. The zero-order chi connectivity index (χ0) is 24.9. The van der Waals surface area contributed by atoms with Crippen LogP contribution in [0.2, 0.25) is 0 Å². The molecule has 0 radical (unpaired) electrons. The number of ether oxygens (including phenoxy) is 1. The van der Waals surface area contributed by atoms with Gasteiger partial charge in [-0.25, -0.2) is 9.37 Å². The van der Waals surface area contributed by atoms with Crippen molar-refractivity contribution in [2.75, 3.05) is 35.3 Å². The molecular formula is C25H34FN5O3. The Kier molecular flexibility index (Phi) is 8.06. The molecule has 1 fully saturated rings. The highest BCUT2D eigenvalue weighted by atomic mass is 19.1. The van der Waals surface area contributed by atoms with Gasteiger partial charge in [-0.3, -0.25) is 9.59 Å². The standard InChI is InChI=1S/C25H34FN5O3/c1-17(32)30(5)20-9-7-19(8-10-20)28-24-27-16-21(26)23(29-24)31-14-12-18(13-15-31)6-11-22(33)34-25(2,3)4/h7-10,16,18H,6,11-15H2,1-5H3,(H,27,28,29). The number of hydrogen-bond donors (Lipinski definition) is 1. The molecule has 1 N–H and O–H groups in total. The third-order valence-corrected chi connectivity index (χ3v) is 5.80. The minimum absolute atomic E-state index is 0.0548. The van der Waals surface area contributed by atoms with Crippen molar-refractivity contribution in [3.05, 3.63) is 36.3 Å². The van der Waals surface area contributed by atoms with Crippen LogP contribution in [-0.4, -0.2) is 47.6 Å². The summed E-state index contributed by atoms with van der Waals surface area (Å²) in [5.41, 5.74) is 1.04. The van der Waals surface area contributed by atoms with Crippen LogP contribution in [0.15, 0.2) is 30.5 Å². The summed E-state index contributed by atoms with van der Waals surface area (Å²) in [6.07, 6.45) is 4.08. The van der Waals surface area contributed by atoms with Crippen LogP contribution in [0.25, 0.3) is 0 Å². The highest BCUT2D eigenvalue weighted by molar-refractivity contribution is 5.91. The molecule has 34 heavy (non-hydrogen) atoms. The second-order valence-electron chi connectivity index (χ2n) is 9.67. The molecule has 9 heteroatoms. The van der Waals surface area contributed by atoms with Crippen LogP contribution in [0.3, 0.4) is 0 Å². The molecule has 1 aromatic heterocycles. The van der Waals surface area contributed by atoms with Crippen LogP contribution in [0, 0.1) is 11.7 Å². The molecule has 2 heterocycles. The summed E-state index contributed by atoms with van der Waals surface area (Å²) in [5.74, 6) is 0.288. The van der Waals surface area contributed by atoms with E-state index >= 15 is 0 Å². The van der Waals surface area contributed by atoms with Gasteiger partial charge in [0.25, 0.3) is 0 Å². The highest BCUT2D eigenvalue weighted by Gasteiger charge is 2.24. The second kappa shape index (κ2) is 10.8. The summed E-state index contributed by atoms with van der Waals surface area (Å²) in [7, 11) is 1.71. The van der Waals surface area contributed by atoms with E-state index in [4.69, 9.17) is 4.74 Å². The summed E-state index contributed by atoms with van der Waals surface area (Å²) in [6.45, 7) is 8.43. The first-order chi connectivity index (χ1) is 16.0. The first kappa shape index (κ1) is 25.4. The molecule has 0 unspecified atom stereocenters. The molecule has 1 aliphatic heterocycles. The Hall–Kier alpha value is -3.23. The number of halogens is 1. The Morgan fingerprint density at radius 3 is 2.44 bits per heavy atom. The van der Waals surface area contributed by atoms with E-state index in [1.54, 1.807) is 11.9 Å². The number of rotatable bonds is 7. The van der Waals surface area contributed by atoms with Gasteiger partial charge in [-0.05, 0) is 70.2 Å². The van der Waals surface area contributed by atoms with Crippen LogP contribution in [0.5, 0.6) is 0 Å². The number of nitrogens with one attached hydrogen (secondary N) is 1. The Bertz CT molecular complexity index is 999. The number of carbonyl (C=O) groups is 2. The van der Waals surface area contributed by atoms with Crippen molar-refractivity contribution in [2.24, 2.45) is 5.92 Å². The van der Waals surface area contributed by atoms with E-state index in [1.165, 1.54) is 13.1 Å². The summed E-state index contributed by atoms with van der Waals surface area (Å²) in [6, 6.07) is 7.26. The molecule has 3 rings (SSSR count). The molecule has 0 saturated carbocycles. The average molecular weight is 472 g/mol. The molecule has 0 spiro atoms. The van der Waals surface area contributed by atoms with E-state index in [-0.39, 0.29) is 17.7 Å². The van der Waals surface area contributed by atoms with Crippen molar-refractivity contribution >= 4 is 35.0 Å². The maximum atomic E-state index is 14.5. The number of aromatic nitrogens is 2. The third kappa shape index (κ3) is 7.13. The van der Waals surface area contributed by atoms with Crippen LogP contribution in [0.1, 0.15) is 53.4 Å². The first-order valence-electron chi connectivity index (χ1n) is 11.6. The fourth-order valence-electron chi connectivity index (χ4n) is 3.87. The van der Waals surface area contributed by atoms with Crippen molar-refractivity contribution in [3.63, 3.8) is 0 Å². The molecule has 0 atom stereocenters. The molecule has 0 aliphatic carbocycles. The number of hydrogen-bond acceptors (Lipinski definition) is 7. The summed E-state index contributed by atoms with van der Waals surface area (Å²) in [5, 5.41) is 3.10. The number of piperidine rings is 1. The fourth-order valence-corrected chi connectivity index (χ4v) is 3.87. The van der Waals surface area contributed by atoms with Crippen LogP contribution in [0.4, 0.5) is 27.5 Å². The number of carbonyl (C=O) groups excluding carboxylic acids is 2. The van der Waals surface area contributed by atoms with Gasteiger partial charge >= 0.3 is 5.97 Å².